The predicted octanol–water partition coefficient (Wildman–Crippen LogP) is 1.15. The third kappa shape index (κ3) is 2.95. The Hall–Kier alpha value is -1.55. The molecule has 0 bridgehead atoms. The third-order valence-corrected chi connectivity index (χ3v) is 1.95. The van der Waals surface area contributed by atoms with E-state index in [4.69, 9.17) is 14.6 Å². The summed E-state index contributed by atoms with van der Waals surface area (Å²) in [4.78, 5) is 11.4. The molecule has 1 aromatic rings. The lowest BCUT2D eigenvalue weighted by Gasteiger charge is -2.07. The molecule has 0 aliphatic heterocycles. The highest BCUT2D eigenvalue weighted by Gasteiger charge is 2.08. The van der Waals surface area contributed by atoms with Crippen molar-refractivity contribution in [2.45, 2.75) is 6.92 Å². The van der Waals surface area contributed by atoms with E-state index < -0.39 is 5.97 Å². The lowest BCUT2D eigenvalue weighted by molar-refractivity contribution is 0.0433. The van der Waals surface area contributed by atoms with E-state index >= 15 is 0 Å². The maximum Gasteiger partial charge on any atom is 0.338 e. The lowest BCUT2D eigenvalue weighted by atomic mass is 10.1. The minimum atomic E-state index is -0.435. The fourth-order valence-corrected chi connectivity index (χ4v) is 1.23. The molecule has 0 atom stereocenters. The van der Waals surface area contributed by atoms with Gasteiger partial charge in [-0.05, 0) is 30.7 Å². The zero-order valence-electron chi connectivity index (χ0n) is 8.82. The Morgan fingerprint density at radius 3 is 2.73 bits per heavy atom. The van der Waals surface area contributed by atoms with Gasteiger partial charge in [0.25, 0.3) is 0 Å². The number of aliphatic hydroxyl groups excluding tert-OH is 1. The number of aliphatic hydroxyl groups is 1. The molecule has 0 aliphatic rings. The van der Waals surface area contributed by atoms with Crippen LogP contribution in [0.15, 0.2) is 18.2 Å². The molecule has 0 radical (unpaired) electrons. The van der Waals surface area contributed by atoms with Gasteiger partial charge < -0.3 is 14.6 Å². The summed E-state index contributed by atoms with van der Waals surface area (Å²) >= 11 is 0. The lowest BCUT2D eigenvalue weighted by Crippen LogP contribution is -2.09. The molecular formula is C11H14O4. The Morgan fingerprint density at radius 1 is 1.47 bits per heavy atom. The van der Waals surface area contributed by atoms with Gasteiger partial charge in [0.2, 0.25) is 0 Å². The van der Waals surface area contributed by atoms with Crippen LogP contribution in [0.3, 0.4) is 0 Å². The first kappa shape index (κ1) is 11.5. The highest BCUT2D eigenvalue weighted by molar-refractivity contribution is 5.89. The molecule has 4 nitrogen and oxygen atoms in total. The van der Waals surface area contributed by atoms with Crippen molar-refractivity contribution < 1.29 is 19.4 Å². The summed E-state index contributed by atoms with van der Waals surface area (Å²) in [7, 11) is 1.58. The molecule has 4 heteroatoms. The van der Waals surface area contributed by atoms with Gasteiger partial charge in [0.1, 0.15) is 12.4 Å². The van der Waals surface area contributed by atoms with Crippen LogP contribution in [0.1, 0.15) is 15.9 Å². The van der Waals surface area contributed by atoms with Gasteiger partial charge in [-0.3, -0.25) is 0 Å². The Morgan fingerprint density at radius 2 is 2.20 bits per heavy atom. The number of methoxy groups -OCH3 is 1. The van der Waals surface area contributed by atoms with E-state index in [1.807, 2.05) is 6.92 Å². The Labute approximate surface area is 88.4 Å². The number of carbonyl (C=O) groups excluding carboxylic acids is 1. The van der Waals surface area contributed by atoms with Crippen molar-refractivity contribution in [3.05, 3.63) is 29.3 Å². The molecule has 0 aromatic heterocycles. The Bertz CT molecular complexity index is 346. The van der Waals surface area contributed by atoms with Gasteiger partial charge in [-0.15, -0.1) is 0 Å². The first-order chi connectivity index (χ1) is 7.19. The Kier molecular flexibility index (Phi) is 4.12. The molecule has 0 aliphatic carbocycles. The van der Waals surface area contributed by atoms with Crippen LogP contribution in [-0.4, -0.2) is 31.4 Å². The third-order valence-electron chi connectivity index (χ3n) is 1.95. The summed E-state index contributed by atoms with van der Waals surface area (Å²) in [5.74, 6) is 0.295. The molecule has 0 spiro atoms. The monoisotopic (exact) mass is 210 g/mol. The molecule has 15 heavy (non-hydrogen) atoms. The molecule has 1 aromatic carbocycles. The number of hydrogen-bond acceptors (Lipinski definition) is 4. The smallest absolute Gasteiger partial charge is 0.338 e. The predicted molar refractivity (Wildman–Crippen MR) is 55.1 cm³/mol. The minimum Gasteiger partial charge on any atom is -0.496 e. The van der Waals surface area contributed by atoms with Crippen LogP contribution in [0.25, 0.3) is 0 Å². The molecule has 0 heterocycles. The topological polar surface area (TPSA) is 55.8 Å². The first-order valence-electron chi connectivity index (χ1n) is 4.61. The molecule has 0 amide bonds. The summed E-state index contributed by atoms with van der Waals surface area (Å²) in [6, 6.07) is 5.04. The quantitative estimate of drug-likeness (QED) is 0.757. The summed E-state index contributed by atoms with van der Waals surface area (Å²) in [5, 5.41) is 8.50. The highest BCUT2D eigenvalue weighted by atomic mass is 16.5. The average Bonchev–Trinajstić information content (AvgIpc) is 2.25. The fraction of sp³-hybridized carbons (Fsp3) is 0.364. The van der Waals surface area contributed by atoms with E-state index in [1.165, 1.54) is 0 Å². The number of ether oxygens (including phenoxy) is 2. The first-order valence-corrected chi connectivity index (χ1v) is 4.61. The Balaban J connectivity index is 2.78. The minimum absolute atomic E-state index is 0.0178. The van der Waals surface area contributed by atoms with Crippen LogP contribution in [0, 0.1) is 6.92 Å². The van der Waals surface area contributed by atoms with E-state index in [-0.39, 0.29) is 13.2 Å². The number of aryl methyl sites for hydroxylation is 1. The van der Waals surface area contributed by atoms with Gasteiger partial charge >= 0.3 is 5.97 Å². The molecule has 0 fully saturated rings. The van der Waals surface area contributed by atoms with Crippen molar-refractivity contribution in [1.29, 1.82) is 0 Å². The van der Waals surface area contributed by atoms with E-state index in [1.54, 1.807) is 25.3 Å². The van der Waals surface area contributed by atoms with Gasteiger partial charge in [0.15, 0.2) is 0 Å². The van der Waals surface area contributed by atoms with Crippen molar-refractivity contribution in [2.75, 3.05) is 20.3 Å². The van der Waals surface area contributed by atoms with Crippen LogP contribution in [0.2, 0.25) is 0 Å². The second kappa shape index (κ2) is 5.36. The van der Waals surface area contributed by atoms with Crippen LogP contribution >= 0.6 is 0 Å². The van der Waals surface area contributed by atoms with E-state index in [0.717, 1.165) is 11.3 Å². The average molecular weight is 210 g/mol. The van der Waals surface area contributed by atoms with Crippen LogP contribution < -0.4 is 4.74 Å². The van der Waals surface area contributed by atoms with Crippen molar-refractivity contribution in [3.8, 4) is 5.75 Å². The maximum atomic E-state index is 11.4. The van der Waals surface area contributed by atoms with Gasteiger partial charge in [-0.2, -0.15) is 0 Å². The second-order valence-electron chi connectivity index (χ2n) is 3.04. The number of esters is 1. The van der Waals surface area contributed by atoms with Crippen LogP contribution in [-0.2, 0) is 4.74 Å². The molecule has 0 saturated heterocycles. The van der Waals surface area contributed by atoms with E-state index in [0.29, 0.717) is 5.56 Å². The second-order valence-corrected chi connectivity index (χ2v) is 3.04. The molecule has 1 rings (SSSR count). The summed E-state index contributed by atoms with van der Waals surface area (Å²) in [6.45, 7) is 1.70. The zero-order chi connectivity index (χ0) is 11.3. The molecule has 1 N–H and O–H groups in total. The van der Waals surface area contributed by atoms with Gasteiger partial charge in [0, 0.05) is 0 Å². The standard InChI is InChI=1S/C11H14O4/c1-8-7-9(3-4-10(8)14-2)11(13)15-6-5-12/h3-4,7,12H,5-6H2,1-2H3. The molecule has 0 unspecified atom stereocenters. The highest BCUT2D eigenvalue weighted by Crippen LogP contribution is 2.18. The van der Waals surface area contributed by atoms with Crippen molar-refractivity contribution in [2.24, 2.45) is 0 Å². The van der Waals surface area contributed by atoms with Crippen molar-refractivity contribution in [3.63, 3.8) is 0 Å². The largest absolute Gasteiger partial charge is 0.496 e. The number of carbonyl (C=O) groups is 1. The normalized spacial score (nSPS) is 9.80. The summed E-state index contributed by atoms with van der Waals surface area (Å²) in [5.41, 5.74) is 1.33. The van der Waals surface area contributed by atoms with Gasteiger partial charge in [0.05, 0.1) is 19.3 Å². The van der Waals surface area contributed by atoms with Gasteiger partial charge in [-0.1, -0.05) is 0 Å². The van der Waals surface area contributed by atoms with E-state index in [9.17, 15) is 4.79 Å². The number of hydrogen-bond donors (Lipinski definition) is 1. The van der Waals surface area contributed by atoms with Crippen molar-refractivity contribution in [1.82, 2.24) is 0 Å². The fourth-order valence-electron chi connectivity index (χ4n) is 1.23. The summed E-state index contributed by atoms with van der Waals surface area (Å²) in [6.07, 6.45) is 0. The molecule has 82 valence electrons. The van der Waals surface area contributed by atoms with Crippen LogP contribution in [0.4, 0.5) is 0 Å². The SMILES string of the molecule is COc1ccc(C(=O)OCCO)cc1C. The van der Waals surface area contributed by atoms with Crippen LogP contribution in [0.5, 0.6) is 5.75 Å². The molecular weight excluding hydrogens is 196 g/mol. The maximum absolute atomic E-state index is 11.4. The number of rotatable bonds is 4. The zero-order valence-corrected chi connectivity index (χ0v) is 8.82. The van der Waals surface area contributed by atoms with Gasteiger partial charge in [-0.25, -0.2) is 4.79 Å². The van der Waals surface area contributed by atoms with Crippen molar-refractivity contribution >= 4 is 5.97 Å². The summed E-state index contributed by atoms with van der Waals surface area (Å²) < 4.78 is 9.84. The van der Waals surface area contributed by atoms with E-state index in [2.05, 4.69) is 0 Å². The number of benzene rings is 1. The molecule has 0 saturated carbocycles.